The fraction of sp³-hybridized carbons (Fsp3) is 0.316. The summed E-state index contributed by atoms with van der Waals surface area (Å²) < 4.78 is 0. The lowest BCUT2D eigenvalue weighted by Gasteiger charge is -2.04. The van der Waals surface area contributed by atoms with Crippen molar-refractivity contribution < 1.29 is 4.79 Å². The molecule has 0 N–H and O–H groups in total. The maximum absolute atomic E-state index is 12.0. The fourth-order valence-electron chi connectivity index (χ4n) is 2.16. The van der Waals surface area contributed by atoms with Gasteiger partial charge in [0.2, 0.25) is 0 Å². The van der Waals surface area contributed by atoms with Gasteiger partial charge in [-0.1, -0.05) is 0 Å². The quantitative estimate of drug-likeness (QED) is 0.807. The summed E-state index contributed by atoms with van der Waals surface area (Å²) in [5.41, 5.74) is 6.57. The lowest BCUT2D eigenvalue weighted by molar-refractivity contribution is -0.110. The third-order valence-electron chi connectivity index (χ3n) is 3.85. The largest absolute Gasteiger partial charge is 0.290 e. The van der Waals surface area contributed by atoms with E-state index in [0.29, 0.717) is 11.4 Å². The van der Waals surface area contributed by atoms with Crippen molar-refractivity contribution in [3.8, 4) is 0 Å². The van der Waals surface area contributed by atoms with Crippen molar-refractivity contribution in [3.63, 3.8) is 0 Å². The number of aromatic nitrogens is 4. The van der Waals surface area contributed by atoms with Crippen molar-refractivity contribution in [2.45, 2.75) is 41.5 Å². The summed E-state index contributed by atoms with van der Waals surface area (Å²) in [5, 5.41) is 0. The Balaban J connectivity index is 2.16. The first-order chi connectivity index (χ1) is 11.3. The number of ketones is 1. The molecular weight excluding hydrogens is 300 g/mol. The molecule has 0 atom stereocenters. The smallest absolute Gasteiger partial charge is 0.178 e. The molecule has 2 rings (SSSR count). The average Bonchev–Trinajstić information content (AvgIpc) is 2.51. The highest BCUT2D eigenvalue weighted by atomic mass is 16.1. The monoisotopic (exact) mass is 322 g/mol. The summed E-state index contributed by atoms with van der Waals surface area (Å²) in [5.74, 6) is -0.131. The molecule has 0 aliphatic rings. The Morgan fingerprint density at radius 3 is 1.29 bits per heavy atom. The van der Waals surface area contributed by atoms with Crippen LogP contribution in [0.5, 0.6) is 0 Å². The Kier molecular flexibility index (Phi) is 5.34. The Morgan fingerprint density at radius 2 is 0.917 bits per heavy atom. The Hall–Kier alpha value is -2.69. The van der Waals surface area contributed by atoms with Crippen molar-refractivity contribution in [2.24, 2.45) is 0 Å². The maximum atomic E-state index is 12.0. The van der Waals surface area contributed by atoms with Crippen LogP contribution in [0.4, 0.5) is 0 Å². The number of hydrogen-bond acceptors (Lipinski definition) is 5. The molecule has 5 heteroatoms. The molecule has 0 amide bonds. The summed E-state index contributed by atoms with van der Waals surface area (Å²) >= 11 is 0. The standard InChI is InChI=1S/C19H22N4O/c1-11-13(3)22-18(15(5)20-11)9-7-17(24)8-10-19-16(6)21-12(2)14(4)23-19/h7-10H,1-6H3/b9-7+,10-8+. The van der Waals surface area contributed by atoms with Gasteiger partial charge < -0.3 is 0 Å². The lowest BCUT2D eigenvalue weighted by Crippen LogP contribution is -2.00. The van der Waals surface area contributed by atoms with Crippen LogP contribution in [0.3, 0.4) is 0 Å². The van der Waals surface area contributed by atoms with Crippen LogP contribution in [0.1, 0.15) is 45.6 Å². The van der Waals surface area contributed by atoms with Gasteiger partial charge in [0.25, 0.3) is 0 Å². The second kappa shape index (κ2) is 7.25. The molecule has 0 bridgehead atoms. The van der Waals surface area contributed by atoms with Gasteiger partial charge in [0.15, 0.2) is 5.78 Å². The molecule has 5 nitrogen and oxygen atoms in total. The van der Waals surface area contributed by atoms with Crippen molar-refractivity contribution in [2.75, 3.05) is 0 Å². The second-order valence-electron chi connectivity index (χ2n) is 5.80. The molecule has 0 saturated heterocycles. The van der Waals surface area contributed by atoms with Crippen LogP contribution in [-0.4, -0.2) is 25.7 Å². The molecule has 24 heavy (non-hydrogen) atoms. The maximum Gasteiger partial charge on any atom is 0.178 e. The van der Waals surface area contributed by atoms with E-state index in [2.05, 4.69) is 19.9 Å². The van der Waals surface area contributed by atoms with E-state index >= 15 is 0 Å². The van der Waals surface area contributed by atoms with E-state index in [4.69, 9.17) is 0 Å². The van der Waals surface area contributed by atoms with Gasteiger partial charge >= 0.3 is 0 Å². The molecule has 2 aromatic rings. The van der Waals surface area contributed by atoms with E-state index in [-0.39, 0.29) is 5.78 Å². The van der Waals surface area contributed by atoms with Gasteiger partial charge in [-0.25, -0.2) is 9.97 Å². The minimum atomic E-state index is -0.131. The zero-order valence-electron chi connectivity index (χ0n) is 15.0. The zero-order chi connectivity index (χ0) is 17.9. The Bertz CT molecular complexity index is 781. The highest BCUT2D eigenvalue weighted by Crippen LogP contribution is 2.10. The Labute approximate surface area is 142 Å². The van der Waals surface area contributed by atoms with Gasteiger partial charge in [-0.3, -0.25) is 14.8 Å². The van der Waals surface area contributed by atoms with Crippen molar-refractivity contribution in [1.82, 2.24) is 19.9 Å². The van der Waals surface area contributed by atoms with Crippen LogP contribution in [0.2, 0.25) is 0 Å². The zero-order valence-corrected chi connectivity index (χ0v) is 15.0. The summed E-state index contributed by atoms with van der Waals surface area (Å²) in [6.07, 6.45) is 6.37. The minimum absolute atomic E-state index is 0.131. The van der Waals surface area contributed by atoms with Gasteiger partial charge in [0.05, 0.1) is 45.6 Å². The van der Waals surface area contributed by atoms with E-state index in [0.717, 1.165) is 34.2 Å². The van der Waals surface area contributed by atoms with Crippen molar-refractivity contribution >= 4 is 17.9 Å². The van der Waals surface area contributed by atoms with Crippen LogP contribution in [-0.2, 0) is 4.79 Å². The predicted octanol–water partition coefficient (Wildman–Crippen LogP) is 3.41. The van der Waals surface area contributed by atoms with E-state index in [1.54, 1.807) is 12.2 Å². The van der Waals surface area contributed by atoms with Gasteiger partial charge in [0.1, 0.15) is 0 Å². The molecule has 2 heterocycles. The van der Waals surface area contributed by atoms with Crippen LogP contribution in [0, 0.1) is 41.5 Å². The normalized spacial score (nSPS) is 11.6. The highest BCUT2D eigenvalue weighted by molar-refractivity contribution is 6.04. The third kappa shape index (κ3) is 4.19. The summed E-state index contributed by atoms with van der Waals surface area (Å²) in [7, 11) is 0. The van der Waals surface area contributed by atoms with Gasteiger partial charge in [-0.15, -0.1) is 0 Å². The number of hydrogen-bond donors (Lipinski definition) is 0. The summed E-state index contributed by atoms with van der Waals surface area (Å²) in [6, 6.07) is 0. The minimum Gasteiger partial charge on any atom is -0.290 e. The van der Waals surface area contributed by atoms with E-state index < -0.39 is 0 Å². The molecule has 2 aromatic heterocycles. The van der Waals surface area contributed by atoms with Gasteiger partial charge in [-0.05, 0) is 65.8 Å². The molecule has 0 aromatic carbocycles. The number of nitrogens with zero attached hydrogens (tertiary/aromatic N) is 4. The molecule has 0 aliphatic heterocycles. The van der Waals surface area contributed by atoms with Gasteiger partial charge in [0, 0.05) is 0 Å². The van der Waals surface area contributed by atoms with Crippen molar-refractivity contribution in [1.29, 1.82) is 0 Å². The molecule has 0 aliphatic carbocycles. The van der Waals surface area contributed by atoms with E-state index in [1.807, 2.05) is 41.5 Å². The number of carbonyl (C=O) groups is 1. The topological polar surface area (TPSA) is 68.6 Å². The highest BCUT2D eigenvalue weighted by Gasteiger charge is 2.04. The summed E-state index contributed by atoms with van der Waals surface area (Å²) in [6.45, 7) is 11.4. The van der Waals surface area contributed by atoms with Crippen LogP contribution in [0.25, 0.3) is 12.2 Å². The lowest BCUT2D eigenvalue weighted by atomic mass is 10.2. The number of rotatable bonds is 4. The molecule has 0 fully saturated rings. The molecule has 0 unspecified atom stereocenters. The Morgan fingerprint density at radius 1 is 0.583 bits per heavy atom. The molecule has 0 spiro atoms. The first-order valence-electron chi connectivity index (χ1n) is 7.81. The van der Waals surface area contributed by atoms with Crippen LogP contribution < -0.4 is 0 Å². The van der Waals surface area contributed by atoms with E-state index in [1.165, 1.54) is 12.2 Å². The number of allylic oxidation sites excluding steroid dienone is 2. The predicted molar refractivity (Wildman–Crippen MR) is 95.6 cm³/mol. The first kappa shape index (κ1) is 17.7. The molecule has 0 radical (unpaired) electrons. The first-order valence-corrected chi connectivity index (χ1v) is 7.81. The van der Waals surface area contributed by atoms with E-state index in [9.17, 15) is 4.79 Å². The molecule has 0 saturated carbocycles. The number of aryl methyl sites for hydroxylation is 6. The number of carbonyl (C=O) groups excluding carboxylic acids is 1. The summed E-state index contributed by atoms with van der Waals surface area (Å²) in [4.78, 5) is 29.8. The van der Waals surface area contributed by atoms with Gasteiger partial charge in [-0.2, -0.15) is 0 Å². The van der Waals surface area contributed by atoms with Crippen molar-refractivity contribution in [3.05, 3.63) is 57.7 Å². The second-order valence-corrected chi connectivity index (χ2v) is 5.80. The SMILES string of the molecule is Cc1nc(C)c(/C=C/C(=O)/C=C/c2nc(C)c(C)nc2C)nc1C. The third-order valence-corrected chi connectivity index (χ3v) is 3.85. The molecule has 124 valence electrons. The van der Waals surface area contributed by atoms with Crippen LogP contribution in [0.15, 0.2) is 12.2 Å². The van der Waals surface area contributed by atoms with Crippen LogP contribution >= 0.6 is 0 Å². The molecular formula is C19H22N4O. The average molecular weight is 322 g/mol. The fourth-order valence-corrected chi connectivity index (χ4v) is 2.16.